The van der Waals surface area contributed by atoms with Gasteiger partial charge in [0.25, 0.3) is 0 Å². The van der Waals surface area contributed by atoms with E-state index >= 15 is 0 Å². The molecule has 2 heterocycles. The van der Waals surface area contributed by atoms with Gasteiger partial charge in [0.15, 0.2) is 0 Å². The number of hydrogen-bond acceptors (Lipinski definition) is 7. The van der Waals surface area contributed by atoms with Gasteiger partial charge in [0.1, 0.15) is 5.69 Å². The minimum atomic E-state index is 0.233. The number of rotatable bonds is 4. The van der Waals surface area contributed by atoms with Crippen LogP contribution in [0.4, 0.5) is 0 Å². The molecular formula is C11H12N4O3. The van der Waals surface area contributed by atoms with Gasteiger partial charge < -0.3 is 14.2 Å². The van der Waals surface area contributed by atoms with Gasteiger partial charge in [0.05, 0.1) is 26.9 Å². The molecule has 0 unspecified atom stereocenters. The highest BCUT2D eigenvalue weighted by Gasteiger charge is 2.12. The second-order valence-electron chi connectivity index (χ2n) is 3.24. The Labute approximate surface area is 104 Å². The van der Waals surface area contributed by atoms with Crippen molar-refractivity contribution < 1.29 is 14.2 Å². The predicted octanol–water partition coefficient (Wildman–Crippen LogP) is 0.959. The Morgan fingerprint density at radius 1 is 0.944 bits per heavy atom. The molecule has 0 aromatic carbocycles. The lowest BCUT2D eigenvalue weighted by Crippen LogP contribution is -1.99. The van der Waals surface area contributed by atoms with E-state index in [-0.39, 0.29) is 6.01 Å². The van der Waals surface area contributed by atoms with Gasteiger partial charge in [0, 0.05) is 12.3 Å². The molecule has 0 aliphatic carbocycles. The first-order chi connectivity index (χ1) is 8.78. The van der Waals surface area contributed by atoms with Crippen LogP contribution in [0.5, 0.6) is 17.8 Å². The van der Waals surface area contributed by atoms with Gasteiger partial charge in [-0.15, -0.1) is 10.2 Å². The summed E-state index contributed by atoms with van der Waals surface area (Å²) in [5.74, 6) is 0.813. The van der Waals surface area contributed by atoms with Crippen molar-refractivity contribution in [2.75, 3.05) is 21.3 Å². The lowest BCUT2D eigenvalue weighted by molar-refractivity contribution is 0.353. The lowest BCUT2D eigenvalue weighted by atomic mass is 10.2. The summed E-state index contributed by atoms with van der Waals surface area (Å²) in [6.07, 6.45) is 1.57. The molecule has 2 rings (SSSR count). The molecule has 0 N–H and O–H groups in total. The first-order valence-electron chi connectivity index (χ1n) is 5.11. The normalized spacial score (nSPS) is 9.94. The molecule has 7 heteroatoms. The van der Waals surface area contributed by atoms with Crippen molar-refractivity contribution >= 4 is 0 Å². The summed E-state index contributed by atoms with van der Waals surface area (Å²) in [6.45, 7) is 0. The van der Waals surface area contributed by atoms with Gasteiger partial charge in [-0.2, -0.15) is 4.98 Å². The smallest absolute Gasteiger partial charge is 0.319 e. The van der Waals surface area contributed by atoms with E-state index in [2.05, 4.69) is 20.2 Å². The molecule has 0 saturated carbocycles. The van der Waals surface area contributed by atoms with E-state index in [1.54, 1.807) is 18.3 Å². The van der Waals surface area contributed by atoms with E-state index in [1.165, 1.54) is 21.3 Å². The second kappa shape index (κ2) is 5.26. The third-order valence-corrected chi connectivity index (χ3v) is 2.23. The van der Waals surface area contributed by atoms with Gasteiger partial charge in [-0.3, -0.25) is 0 Å². The molecule has 0 fully saturated rings. The summed E-state index contributed by atoms with van der Waals surface area (Å²) >= 11 is 0. The highest BCUT2D eigenvalue weighted by Crippen LogP contribution is 2.27. The maximum atomic E-state index is 5.17. The van der Waals surface area contributed by atoms with Crippen LogP contribution in [-0.2, 0) is 0 Å². The largest absolute Gasteiger partial charge is 0.480 e. The molecule has 0 amide bonds. The Hall–Kier alpha value is -2.44. The molecule has 0 spiro atoms. The zero-order valence-corrected chi connectivity index (χ0v) is 10.2. The Morgan fingerprint density at radius 3 is 2.33 bits per heavy atom. The average molecular weight is 248 g/mol. The highest BCUT2D eigenvalue weighted by atomic mass is 16.5. The zero-order valence-electron chi connectivity index (χ0n) is 10.2. The van der Waals surface area contributed by atoms with Crippen LogP contribution in [-0.4, -0.2) is 41.5 Å². The topological polar surface area (TPSA) is 79.2 Å². The van der Waals surface area contributed by atoms with Crippen molar-refractivity contribution in [2.24, 2.45) is 0 Å². The summed E-state index contributed by atoms with van der Waals surface area (Å²) < 4.78 is 15.0. The molecule has 0 atom stereocenters. The summed E-state index contributed by atoms with van der Waals surface area (Å²) in [6, 6.07) is 3.68. The van der Waals surface area contributed by atoms with Crippen molar-refractivity contribution in [3.8, 4) is 29.0 Å². The lowest BCUT2D eigenvalue weighted by Gasteiger charge is -2.07. The van der Waals surface area contributed by atoms with Gasteiger partial charge >= 0.3 is 6.01 Å². The highest BCUT2D eigenvalue weighted by molar-refractivity contribution is 5.63. The molecule has 0 bridgehead atoms. The quantitative estimate of drug-likeness (QED) is 0.797. The van der Waals surface area contributed by atoms with Crippen LogP contribution >= 0.6 is 0 Å². The molecule has 2 aromatic heterocycles. The fraction of sp³-hybridized carbons (Fsp3) is 0.273. The van der Waals surface area contributed by atoms with Crippen LogP contribution < -0.4 is 14.2 Å². The van der Waals surface area contributed by atoms with Gasteiger partial charge in [-0.1, -0.05) is 0 Å². The average Bonchev–Trinajstić information content (AvgIpc) is 2.46. The maximum absolute atomic E-state index is 5.17. The number of aromatic nitrogens is 4. The molecule has 18 heavy (non-hydrogen) atoms. The molecular weight excluding hydrogens is 236 g/mol. The molecule has 2 aromatic rings. The fourth-order valence-electron chi connectivity index (χ4n) is 1.35. The van der Waals surface area contributed by atoms with Crippen LogP contribution in [0.1, 0.15) is 0 Å². The molecule has 7 nitrogen and oxygen atoms in total. The van der Waals surface area contributed by atoms with Crippen molar-refractivity contribution in [2.45, 2.75) is 0 Å². The van der Waals surface area contributed by atoms with E-state index in [0.29, 0.717) is 23.0 Å². The van der Waals surface area contributed by atoms with E-state index in [1.807, 2.05) is 0 Å². The van der Waals surface area contributed by atoms with E-state index in [0.717, 1.165) is 0 Å². The van der Waals surface area contributed by atoms with Gasteiger partial charge in [-0.25, -0.2) is 4.98 Å². The second-order valence-corrected chi connectivity index (χ2v) is 3.24. The molecule has 0 radical (unpaired) electrons. The summed E-state index contributed by atoms with van der Waals surface area (Å²) in [5, 5.41) is 7.89. The van der Waals surface area contributed by atoms with Gasteiger partial charge in [-0.05, 0) is 6.07 Å². The first kappa shape index (κ1) is 12.0. The van der Waals surface area contributed by atoms with E-state index < -0.39 is 0 Å². The van der Waals surface area contributed by atoms with E-state index in [4.69, 9.17) is 14.2 Å². The minimum absolute atomic E-state index is 0.233. The zero-order chi connectivity index (χ0) is 13.0. The van der Waals surface area contributed by atoms with Crippen LogP contribution in [0, 0.1) is 0 Å². The first-order valence-corrected chi connectivity index (χ1v) is 5.11. The Balaban J connectivity index is 2.42. The summed E-state index contributed by atoms with van der Waals surface area (Å²) in [4.78, 5) is 8.09. The molecule has 94 valence electrons. The standard InChI is InChI=1S/C11H12N4O3/c1-16-9-5-4-8(14-15-9)7-6-12-11(18-3)13-10(7)17-2/h4-6H,1-3H3. The number of hydrogen-bond donors (Lipinski definition) is 0. The number of nitrogens with zero attached hydrogens (tertiary/aromatic N) is 4. The third kappa shape index (κ3) is 2.29. The monoisotopic (exact) mass is 248 g/mol. The third-order valence-electron chi connectivity index (χ3n) is 2.23. The van der Waals surface area contributed by atoms with Crippen LogP contribution in [0.3, 0.4) is 0 Å². The number of methoxy groups -OCH3 is 3. The van der Waals surface area contributed by atoms with Crippen molar-refractivity contribution in [1.82, 2.24) is 20.2 Å². The Morgan fingerprint density at radius 2 is 1.78 bits per heavy atom. The minimum Gasteiger partial charge on any atom is -0.480 e. The predicted molar refractivity (Wildman–Crippen MR) is 62.7 cm³/mol. The number of ether oxygens (including phenoxy) is 3. The van der Waals surface area contributed by atoms with Gasteiger partial charge in [0.2, 0.25) is 11.8 Å². The molecule has 0 aliphatic heterocycles. The van der Waals surface area contributed by atoms with Crippen LogP contribution in [0.15, 0.2) is 18.3 Å². The molecule has 0 aliphatic rings. The van der Waals surface area contributed by atoms with E-state index in [9.17, 15) is 0 Å². The van der Waals surface area contributed by atoms with Crippen LogP contribution in [0.2, 0.25) is 0 Å². The Kier molecular flexibility index (Phi) is 3.52. The van der Waals surface area contributed by atoms with Crippen LogP contribution in [0.25, 0.3) is 11.3 Å². The summed E-state index contributed by atoms with van der Waals surface area (Å²) in [5.41, 5.74) is 1.23. The van der Waals surface area contributed by atoms with Crippen molar-refractivity contribution in [1.29, 1.82) is 0 Å². The SMILES string of the molecule is COc1ccc(-c2cnc(OC)nc2OC)nn1. The molecule has 0 saturated heterocycles. The Bertz CT molecular complexity index is 530. The van der Waals surface area contributed by atoms with Crippen molar-refractivity contribution in [3.63, 3.8) is 0 Å². The van der Waals surface area contributed by atoms with Crippen molar-refractivity contribution in [3.05, 3.63) is 18.3 Å². The maximum Gasteiger partial charge on any atom is 0.319 e. The summed E-state index contributed by atoms with van der Waals surface area (Å²) in [7, 11) is 4.53. The fourth-order valence-corrected chi connectivity index (χ4v) is 1.35.